The number of rotatable bonds is 9. The molecule has 162 valence electrons. The number of nitrogens with one attached hydrogen (secondary N) is 1. The zero-order valence-corrected chi connectivity index (χ0v) is 19.3. The van der Waals surface area contributed by atoms with E-state index in [-0.39, 0.29) is 30.9 Å². The van der Waals surface area contributed by atoms with Crippen molar-refractivity contribution in [2.45, 2.75) is 45.7 Å². The number of benzene rings is 2. The third-order valence-electron chi connectivity index (χ3n) is 4.91. The van der Waals surface area contributed by atoms with E-state index >= 15 is 0 Å². The van der Waals surface area contributed by atoms with E-state index in [1.54, 1.807) is 25.2 Å². The van der Waals surface area contributed by atoms with Crippen LogP contribution >= 0.6 is 23.2 Å². The summed E-state index contributed by atoms with van der Waals surface area (Å²) >= 11 is 12.6. The summed E-state index contributed by atoms with van der Waals surface area (Å²) in [5, 5.41) is 3.51. The molecular formula is C23H28Cl2N2O3. The second-order valence-electron chi connectivity index (χ2n) is 7.24. The Bertz CT molecular complexity index is 866. The number of amides is 2. The minimum absolute atomic E-state index is 0.110. The van der Waals surface area contributed by atoms with Gasteiger partial charge in [-0.2, -0.15) is 0 Å². The van der Waals surface area contributed by atoms with Crippen LogP contribution in [0.15, 0.2) is 42.5 Å². The van der Waals surface area contributed by atoms with Crippen molar-refractivity contribution < 1.29 is 14.3 Å². The molecule has 0 spiro atoms. The molecule has 0 radical (unpaired) electrons. The molecule has 0 heterocycles. The van der Waals surface area contributed by atoms with Gasteiger partial charge in [0, 0.05) is 29.2 Å². The Labute approximate surface area is 188 Å². The molecule has 5 nitrogen and oxygen atoms in total. The first-order valence-corrected chi connectivity index (χ1v) is 10.7. The second kappa shape index (κ2) is 11.2. The Morgan fingerprint density at radius 3 is 2.27 bits per heavy atom. The lowest BCUT2D eigenvalue weighted by atomic mass is 10.0. The van der Waals surface area contributed by atoms with Crippen molar-refractivity contribution in [1.29, 1.82) is 0 Å². The molecule has 7 heteroatoms. The summed E-state index contributed by atoms with van der Waals surface area (Å²) in [6, 6.07) is 12.1. The first-order chi connectivity index (χ1) is 14.3. The summed E-state index contributed by atoms with van der Waals surface area (Å²) < 4.78 is 5.86. The highest BCUT2D eigenvalue weighted by atomic mass is 35.5. The van der Waals surface area contributed by atoms with Crippen molar-refractivity contribution in [3.05, 3.63) is 63.6 Å². The average Bonchev–Trinajstić information content (AvgIpc) is 2.73. The lowest BCUT2D eigenvalue weighted by molar-refractivity contribution is -0.142. The van der Waals surface area contributed by atoms with E-state index in [2.05, 4.69) is 19.2 Å². The smallest absolute Gasteiger partial charge is 0.261 e. The van der Waals surface area contributed by atoms with Crippen molar-refractivity contribution in [1.82, 2.24) is 10.2 Å². The monoisotopic (exact) mass is 450 g/mol. The van der Waals surface area contributed by atoms with Crippen LogP contribution in [0.5, 0.6) is 5.75 Å². The highest BCUT2D eigenvalue weighted by Gasteiger charge is 2.29. The summed E-state index contributed by atoms with van der Waals surface area (Å²) in [7, 11) is 1.55. The zero-order valence-electron chi connectivity index (χ0n) is 17.7. The summed E-state index contributed by atoms with van der Waals surface area (Å²) in [6.07, 6.45) is 0.441. The highest BCUT2D eigenvalue weighted by molar-refractivity contribution is 6.36. The van der Waals surface area contributed by atoms with Crippen molar-refractivity contribution in [2.75, 3.05) is 13.7 Å². The van der Waals surface area contributed by atoms with Gasteiger partial charge in [0.2, 0.25) is 5.91 Å². The molecule has 1 N–H and O–H groups in total. The van der Waals surface area contributed by atoms with Gasteiger partial charge in [0.25, 0.3) is 5.91 Å². The number of halogens is 2. The number of likely N-dealkylation sites (N-methyl/N-ethyl adjacent to an activating group) is 1. The Hall–Kier alpha value is -2.24. The van der Waals surface area contributed by atoms with Gasteiger partial charge in [0.05, 0.1) is 0 Å². The number of ether oxygens (including phenoxy) is 1. The topological polar surface area (TPSA) is 58.6 Å². The number of carbonyl (C=O) groups excluding carboxylic acids is 2. The van der Waals surface area contributed by atoms with Crippen molar-refractivity contribution >= 4 is 35.0 Å². The number of nitrogens with zero attached hydrogens (tertiary/aromatic N) is 1. The van der Waals surface area contributed by atoms with E-state index in [0.29, 0.717) is 27.8 Å². The normalized spacial score (nSPS) is 11.8. The SMILES string of the molecule is CCC(C(=O)NC)N(Cc1c(Cl)cccc1Cl)C(=O)COc1ccccc1C(C)C. The Morgan fingerprint density at radius 2 is 1.70 bits per heavy atom. The summed E-state index contributed by atoms with van der Waals surface area (Å²) in [4.78, 5) is 27.1. The maximum atomic E-state index is 13.2. The average molecular weight is 451 g/mol. The molecule has 2 aromatic rings. The number of para-hydroxylation sites is 1. The van der Waals surface area contributed by atoms with Gasteiger partial charge in [-0.15, -0.1) is 0 Å². The summed E-state index contributed by atoms with van der Waals surface area (Å²) in [5.74, 6) is 0.338. The molecule has 0 saturated carbocycles. The number of hydrogen-bond acceptors (Lipinski definition) is 3. The van der Waals surface area contributed by atoms with Crippen LogP contribution in [0.3, 0.4) is 0 Å². The predicted molar refractivity (Wildman–Crippen MR) is 121 cm³/mol. The quantitative estimate of drug-likeness (QED) is 0.581. The maximum Gasteiger partial charge on any atom is 0.261 e. The standard InChI is InChI=1S/C23H28Cl2N2O3/c1-5-20(23(29)26-4)27(13-17-18(24)10-8-11-19(17)25)22(28)14-30-21-12-7-6-9-16(21)15(2)3/h6-12,15,20H,5,13-14H2,1-4H3,(H,26,29). The molecule has 2 rings (SSSR count). The Kier molecular flexibility index (Phi) is 9.00. The second-order valence-corrected chi connectivity index (χ2v) is 8.06. The van der Waals surface area contributed by atoms with Crippen molar-refractivity contribution in [3.63, 3.8) is 0 Å². The van der Waals surface area contributed by atoms with Crippen molar-refractivity contribution in [2.24, 2.45) is 0 Å². The molecular weight excluding hydrogens is 423 g/mol. The first-order valence-electron chi connectivity index (χ1n) is 9.95. The van der Waals surface area contributed by atoms with Crippen molar-refractivity contribution in [3.8, 4) is 5.75 Å². The van der Waals surface area contributed by atoms with Crippen LogP contribution < -0.4 is 10.1 Å². The van der Waals surface area contributed by atoms with Gasteiger partial charge in [-0.1, -0.05) is 68.2 Å². The largest absolute Gasteiger partial charge is 0.483 e. The van der Waals surface area contributed by atoms with Crippen LogP contribution in [0.4, 0.5) is 0 Å². The van der Waals surface area contributed by atoms with E-state index in [0.717, 1.165) is 5.56 Å². The van der Waals surface area contributed by atoms with E-state index in [4.69, 9.17) is 27.9 Å². The lowest BCUT2D eigenvalue weighted by Crippen LogP contribution is -2.49. The van der Waals surface area contributed by atoms with Crippen LogP contribution in [-0.4, -0.2) is 36.4 Å². The van der Waals surface area contributed by atoms with E-state index in [1.165, 1.54) is 4.90 Å². The summed E-state index contributed by atoms with van der Waals surface area (Å²) in [6.45, 7) is 5.89. The van der Waals surface area contributed by atoms with Crippen LogP contribution in [0, 0.1) is 0 Å². The molecule has 2 aromatic carbocycles. The molecule has 0 aliphatic carbocycles. The number of carbonyl (C=O) groups is 2. The fourth-order valence-corrected chi connectivity index (χ4v) is 3.77. The molecule has 0 aromatic heterocycles. The number of hydrogen-bond donors (Lipinski definition) is 1. The molecule has 0 fully saturated rings. The van der Waals surface area contributed by atoms with E-state index in [1.807, 2.05) is 31.2 Å². The third kappa shape index (κ3) is 5.89. The zero-order chi connectivity index (χ0) is 22.3. The van der Waals surface area contributed by atoms with Crippen LogP contribution in [0.25, 0.3) is 0 Å². The molecule has 0 aliphatic heterocycles. The fourth-order valence-electron chi connectivity index (χ4n) is 3.25. The summed E-state index contributed by atoms with van der Waals surface area (Å²) in [5.41, 5.74) is 1.61. The van der Waals surface area contributed by atoms with Crippen LogP contribution in [-0.2, 0) is 16.1 Å². The molecule has 0 bridgehead atoms. The molecule has 30 heavy (non-hydrogen) atoms. The van der Waals surface area contributed by atoms with Gasteiger partial charge in [-0.05, 0) is 36.1 Å². The lowest BCUT2D eigenvalue weighted by Gasteiger charge is -2.31. The van der Waals surface area contributed by atoms with Gasteiger partial charge < -0.3 is 15.0 Å². The molecule has 2 amide bonds. The van der Waals surface area contributed by atoms with Gasteiger partial charge in [0.1, 0.15) is 11.8 Å². The molecule has 1 unspecified atom stereocenters. The minimum Gasteiger partial charge on any atom is -0.483 e. The Morgan fingerprint density at radius 1 is 1.07 bits per heavy atom. The predicted octanol–water partition coefficient (Wildman–Crippen LogP) is 5.05. The van der Waals surface area contributed by atoms with Gasteiger partial charge in [-0.3, -0.25) is 9.59 Å². The maximum absolute atomic E-state index is 13.2. The third-order valence-corrected chi connectivity index (χ3v) is 5.62. The van der Waals surface area contributed by atoms with Crippen LogP contribution in [0.2, 0.25) is 10.0 Å². The minimum atomic E-state index is -0.668. The van der Waals surface area contributed by atoms with Gasteiger partial charge in [0.15, 0.2) is 6.61 Å². The van der Waals surface area contributed by atoms with E-state index < -0.39 is 6.04 Å². The molecule has 0 saturated heterocycles. The van der Waals surface area contributed by atoms with E-state index in [9.17, 15) is 9.59 Å². The fraction of sp³-hybridized carbons (Fsp3) is 0.391. The molecule has 0 aliphatic rings. The van der Waals surface area contributed by atoms with Gasteiger partial charge in [-0.25, -0.2) is 0 Å². The van der Waals surface area contributed by atoms with Gasteiger partial charge >= 0.3 is 0 Å². The van der Waals surface area contributed by atoms with Crippen LogP contribution in [0.1, 0.15) is 44.2 Å². The Balaban J connectivity index is 2.29. The molecule has 1 atom stereocenters. The highest BCUT2D eigenvalue weighted by Crippen LogP contribution is 2.28. The first kappa shape index (κ1) is 24.0.